The van der Waals surface area contributed by atoms with E-state index in [9.17, 15) is 9.59 Å². The summed E-state index contributed by atoms with van der Waals surface area (Å²) in [6.45, 7) is 0. The minimum Gasteiger partial charge on any atom is -0.471 e. The van der Waals surface area contributed by atoms with E-state index in [1.54, 1.807) is 12.5 Å². The van der Waals surface area contributed by atoms with Crippen LogP contribution in [0.25, 0.3) is 21.9 Å². The lowest BCUT2D eigenvalue weighted by molar-refractivity contribution is -0.104. The van der Waals surface area contributed by atoms with E-state index >= 15 is 0 Å². The maximum Gasteiger partial charge on any atom is 0.150 e. The third-order valence-corrected chi connectivity index (χ3v) is 4.71. The maximum atomic E-state index is 10.9. The average molecular weight is 328 g/mol. The fourth-order valence-corrected chi connectivity index (χ4v) is 3.35. The number of carbonyl (C=O) groups excluding carboxylic acids is 2. The Bertz CT molecular complexity index is 1000. The normalized spacial score (nSPS) is 16.6. The Kier molecular flexibility index (Phi) is 3.90. The molecule has 0 aliphatic heterocycles. The van der Waals surface area contributed by atoms with Gasteiger partial charge in [0.2, 0.25) is 0 Å². The van der Waals surface area contributed by atoms with Gasteiger partial charge in [-0.15, -0.1) is 0 Å². The lowest BCUT2D eigenvalue weighted by Crippen LogP contribution is -2.00. The lowest BCUT2D eigenvalue weighted by Gasteiger charge is -2.17. The Morgan fingerprint density at radius 1 is 0.920 bits per heavy atom. The van der Waals surface area contributed by atoms with Gasteiger partial charge < -0.3 is 4.42 Å². The number of allylic oxidation sites excluding steroid dienone is 4. The smallest absolute Gasteiger partial charge is 0.150 e. The number of hydrogen-bond donors (Lipinski definition) is 0. The fraction of sp³-hybridized carbons (Fsp3) is 0.0909. The first kappa shape index (κ1) is 15.3. The van der Waals surface area contributed by atoms with Gasteiger partial charge in [0.25, 0.3) is 0 Å². The average Bonchev–Trinajstić information content (AvgIpc) is 3.17. The molecular weight excluding hydrogens is 312 g/mol. The second-order valence-corrected chi connectivity index (χ2v) is 6.16. The van der Waals surface area contributed by atoms with E-state index in [0.717, 1.165) is 46.5 Å². The molecule has 0 bridgehead atoms. The summed E-state index contributed by atoms with van der Waals surface area (Å²) >= 11 is 0. The van der Waals surface area contributed by atoms with Crippen LogP contribution in [0.2, 0.25) is 0 Å². The number of aldehydes is 2. The number of carbonyl (C=O) groups is 2. The summed E-state index contributed by atoms with van der Waals surface area (Å²) in [5.74, 6) is 0.232. The molecule has 0 saturated heterocycles. The van der Waals surface area contributed by atoms with Crippen LogP contribution in [0.15, 0.2) is 77.1 Å². The zero-order valence-corrected chi connectivity index (χ0v) is 13.5. The predicted molar refractivity (Wildman–Crippen MR) is 97.7 cm³/mol. The number of fused-ring (bicyclic) bond motifs is 1. The molecule has 1 aromatic heterocycles. The van der Waals surface area contributed by atoms with E-state index in [2.05, 4.69) is 18.2 Å². The zero-order chi connectivity index (χ0) is 17.2. The van der Waals surface area contributed by atoms with E-state index in [1.807, 2.05) is 36.4 Å². The highest BCUT2D eigenvalue weighted by Gasteiger charge is 2.17. The summed E-state index contributed by atoms with van der Waals surface area (Å²) in [7, 11) is 0. The van der Waals surface area contributed by atoms with Gasteiger partial charge in [-0.2, -0.15) is 0 Å². The molecule has 0 N–H and O–H groups in total. The third kappa shape index (κ3) is 2.74. The number of benzene rings is 2. The number of rotatable bonds is 4. The fourth-order valence-electron chi connectivity index (χ4n) is 3.35. The SMILES string of the molecule is O=CC1=CCC(c2ccc(-c3ccc(C=O)cc3)c3cocc23)C=C1. The molecule has 3 nitrogen and oxygen atoms in total. The Balaban J connectivity index is 1.76. The van der Waals surface area contributed by atoms with E-state index in [0.29, 0.717) is 5.56 Å². The molecule has 1 unspecified atom stereocenters. The van der Waals surface area contributed by atoms with Crippen LogP contribution < -0.4 is 0 Å². The van der Waals surface area contributed by atoms with E-state index in [4.69, 9.17) is 4.42 Å². The van der Waals surface area contributed by atoms with Gasteiger partial charge in [0.1, 0.15) is 12.6 Å². The minimum atomic E-state index is 0.232. The minimum absolute atomic E-state index is 0.232. The molecule has 3 aromatic rings. The summed E-state index contributed by atoms with van der Waals surface area (Å²) in [6, 6.07) is 11.7. The van der Waals surface area contributed by atoms with Crippen LogP contribution >= 0.6 is 0 Å². The van der Waals surface area contributed by atoms with E-state index < -0.39 is 0 Å². The van der Waals surface area contributed by atoms with Crippen molar-refractivity contribution >= 4 is 23.3 Å². The molecule has 0 fully saturated rings. The van der Waals surface area contributed by atoms with Gasteiger partial charge in [0.05, 0.1) is 12.5 Å². The molecule has 3 heteroatoms. The van der Waals surface area contributed by atoms with Crippen molar-refractivity contribution in [2.24, 2.45) is 0 Å². The lowest BCUT2D eigenvalue weighted by atomic mass is 9.86. The van der Waals surface area contributed by atoms with Crippen molar-refractivity contribution in [2.75, 3.05) is 0 Å². The van der Waals surface area contributed by atoms with Crippen molar-refractivity contribution in [3.63, 3.8) is 0 Å². The first-order valence-corrected chi connectivity index (χ1v) is 8.18. The summed E-state index contributed by atoms with van der Waals surface area (Å²) in [6.07, 6.45) is 12.0. The van der Waals surface area contributed by atoms with Crippen LogP contribution in [0.3, 0.4) is 0 Å². The van der Waals surface area contributed by atoms with Gasteiger partial charge in [0.15, 0.2) is 0 Å². The Morgan fingerprint density at radius 3 is 2.40 bits per heavy atom. The van der Waals surface area contributed by atoms with Gasteiger partial charge in [-0.25, -0.2) is 0 Å². The van der Waals surface area contributed by atoms with Gasteiger partial charge in [-0.3, -0.25) is 9.59 Å². The highest BCUT2D eigenvalue weighted by molar-refractivity contribution is 5.98. The highest BCUT2D eigenvalue weighted by atomic mass is 16.3. The van der Waals surface area contributed by atoms with Crippen molar-refractivity contribution in [1.29, 1.82) is 0 Å². The number of hydrogen-bond acceptors (Lipinski definition) is 3. The molecular formula is C22H16O3. The number of furan rings is 1. The summed E-state index contributed by atoms with van der Waals surface area (Å²) < 4.78 is 5.49. The second kappa shape index (κ2) is 6.36. The standard InChI is InChI=1S/C22H16O3/c23-11-15-1-5-17(6-2-15)19-9-10-20(22-14-25-13-21(19)22)18-7-3-16(12-24)4-8-18/h1-7,9-14,18H,8H2. The molecule has 1 aliphatic carbocycles. The second-order valence-electron chi connectivity index (χ2n) is 6.16. The van der Waals surface area contributed by atoms with Crippen molar-refractivity contribution in [3.8, 4) is 11.1 Å². The molecule has 1 heterocycles. The molecule has 1 atom stereocenters. The zero-order valence-electron chi connectivity index (χ0n) is 13.5. The molecule has 4 rings (SSSR count). The van der Waals surface area contributed by atoms with Gasteiger partial charge in [-0.05, 0) is 23.1 Å². The third-order valence-electron chi connectivity index (χ3n) is 4.71. The van der Waals surface area contributed by atoms with Crippen LogP contribution in [0.1, 0.15) is 28.3 Å². The van der Waals surface area contributed by atoms with Gasteiger partial charge in [0, 0.05) is 27.8 Å². The summed E-state index contributed by atoms with van der Waals surface area (Å²) in [4.78, 5) is 21.7. The van der Waals surface area contributed by atoms with Crippen molar-refractivity contribution in [2.45, 2.75) is 12.3 Å². The summed E-state index contributed by atoms with van der Waals surface area (Å²) in [5.41, 5.74) is 4.70. The maximum absolute atomic E-state index is 10.9. The monoisotopic (exact) mass is 328 g/mol. The largest absolute Gasteiger partial charge is 0.471 e. The molecule has 1 aliphatic rings. The van der Waals surface area contributed by atoms with Crippen molar-refractivity contribution in [3.05, 3.63) is 83.9 Å². The van der Waals surface area contributed by atoms with E-state index in [1.165, 1.54) is 5.56 Å². The molecule has 0 spiro atoms. The molecule has 25 heavy (non-hydrogen) atoms. The van der Waals surface area contributed by atoms with Crippen LogP contribution in [0, 0.1) is 0 Å². The summed E-state index contributed by atoms with van der Waals surface area (Å²) in [5, 5.41) is 2.13. The Labute approximate surface area is 145 Å². The molecule has 0 saturated carbocycles. The van der Waals surface area contributed by atoms with Crippen molar-refractivity contribution in [1.82, 2.24) is 0 Å². The Morgan fingerprint density at radius 2 is 1.72 bits per heavy atom. The molecule has 122 valence electrons. The quantitative estimate of drug-likeness (QED) is 0.627. The Hall–Kier alpha value is -3.20. The first-order valence-electron chi connectivity index (χ1n) is 8.18. The van der Waals surface area contributed by atoms with Crippen LogP contribution in [-0.2, 0) is 4.79 Å². The first-order chi connectivity index (χ1) is 12.3. The molecule has 2 aromatic carbocycles. The highest BCUT2D eigenvalue weighted by Crippen LogP contribution is 2.37. The van der Waals surface area contributed by atoms with E-state index in [-0.39, 0.29) is 5.92 Å². The van der Waals surface area contributed by atoms with Crippen LogP contribution in [0.5, 0.6) is 0 Å². The topological polar surface area (TPSA) is 47.3 Å². The van der Waals surface area contributed by atoms with Crippen LogP contribution in [0.4, 0.5) is 0 Å². The van der Waals surface area contributed by atoms with Crippen molar-refractivity contribution < 1.29 is 14.0 Å². The molecule has 0 radical (unpaired) electrons. The van der Waals surface area contributed by atoms with Crippen LogP contribution in [-0.4, -0.2) is 12.6 Å². The van der Waals surface area contributed by atoms with Gasteiger partial charge >= 0.3 is 0 Å². The molecule has 0 amide bonds. The van der Waals surface area contributed by atoms with Gasteiger partial charge in [-0.1, -0.05) is 54.6 Å². The predicted octanol–water partition coefficient (Wildman–Crippen LogP) is 5.08.